The van der Waals surface area contributed by atoms with Gasteiger partial charge in [0, 0.05) is 23.6 Å². The van der Waals surface area contributed by atoms with E-state index in [9.17, 15) is 0 Å². The smallest absolute Gasteiger partial charge is 0.0510 e. The number of rotatable bonds is 6. The molecular formula is C16H27BrN2. The van der Waals surface area contributed by atoms with Gasteiger partial charge in [0.15, 0.2) is 0 Å². The molecule has 3 heteroatoms. The summed E-state index contributed by atoms with van der Waals surface area (Å²) in [5.41, 5.74) is 8.56. The molecule has 2 atom stereocenters. The number of benzene rings is 1. The van der Waals surface area contributed by atoms with Gasteiger partial charge in [-0.15, -0.1) is 0 Å². The molecule has 2 N–H and O–H groups in total. The summed E-state index contributed by atoms with van der Waals surface area (Å²) >= 11 is 3.69. The topological polar surface area (TPSA) is 29.3 Å². The van der Waals surface area contributed by atoms with Crippen molar-refractivity contribution in [1.82, 2.24) is 0 Å². The number of anilines is 1. The molecule has 0 fully saturated rings. The highest BCUT2D eigenvalue weighted by atomic mass is 79.9. The molecule has 0 aliphatic rings. The first-order valence-corrected chi connectivity index (χ1v) is 7.92. The van der Waals surface area contributed by atoms with Crippen LogP contribution in [0.1, 0.15) is 39.7 Å². The van der Waals surface area contributed by atoms with Crippen molar-refractivity contribution in [2.45, 2.75) is 52.6 Å². The van der Waals surface area contributed by atoms with Crippen LogP contribution in [-0.2, 0) is 6.42 Å². The van der Waals surface area contributed by atoms with Gasteiger partial charge in [-0.25, -0.2) is 0 Å². The average Bonchev–Trinajstić information content (AvgIpc) is 2.37. The predicted octanol–water partition coefficient (Wildman–Crippen LogP) is 4.21. The van der Waals surface area contributed by atoms with Crippen LogP contribution >= 0.6 is 15.9 Å². The zero-order valence-corrected chi connectivity index (χ0v) is 14.4. The van der Waals surface area contributed by atoms with E-state index in [1.165, 1.54) is 11.3 Å². The lowest BCUT2D eigenvalue weighted by Gasteiger charge is -2.31. The molecule has 0 aromatic heterocycles. The molecule has 1 aromatic carbocycles. The molecule has 0 radical (unpaired) electrons. The lowest BCUT2D eigenvalue weighted by Crippen LogP contribution is -2.33. The third kappa shape index (κ3) is 4.50. The molecule has 2 unspecified atom stereocenters. The van der Waals surface area contributed by atoms with Gasteiger partial charge in [-0.3, -0.25) is 0 Å². The first kappa shape index (κ1) is 16.5. The molecule has 108 valence electrons. The molecule has 0 saturated carbocycles. The fourth-order valence-electron chi connectivity index (χ4n) is 2.08. The first-order valence-electron chi connectivity index (χ1n) is 7.13. The molecule has 0 amide bonds. The molecule has 1 aromatic rings. The van der Waals surface area contributed by atoms with E-state index in [-0.39, 0.29) is 6.04 Å². The van der Waals surface area contributed by atoms with Crippen molar-refractivity contribution in [2.24, 2.45) is 11.7 Å². The Balaban J connectivity index is 2.88. The molecule has 0 bridgehead atoms. The van der Waals surface area contributed by atoms with Crippen LogP contribution in [0.4, 0.5) is 5.69 Å². The number of nitrogens with two attached hydrogens (primary N) is 1. The Morgan fingerprint density at radius 2 is 1.89 bits per heavy atom. The minimum Gasteiger partial charge on any atom is -0.371 e. The standard InChI is InChI=1S/C16H27BrN2/c1-6-14(18)9-13-7-8-16(15(17)10-13)19(5)12(4)11(2)3/h7-8,10-12,14H,6,9,18H2,1-5H3. The van der Waals surface area contributed by atoms with Crippen LogP contribution in [0.2, 0.25) is 0 Å². The number of nitrogens with zero attached hydrogens (tertiary/aromatic N) is 1. The van der Waals surface area contributed by atoms with Gasteiger partial charge < -0.3 is 10.6 Å². The van der Waals surface area contributed by atoms with E-state index >= 15 is 0 Å². The molecule has 0 saturated heterocycles. The maximum absolute atomic E-state index is 6.02. The largest absolute Gasteiger partial charge is 0.371 e. The third-order valence-electron chi connectivity index (χ3n) is 3.99. The van der Waals surface area contributed by atoms with Gasteiger partial charge in [0.05, 0.1) is 5.69 Å². The van der Waals surface area contributed by atoms with Crippen molar-refractivity contribution in [3.63, 3.8) is 0 Å². The second kappa shape index (κ2) is 7.30. The summed E-state index contributed by atoms with van der Waals surface area (Å²) < 4.78 is 1.16. The van der Waals surface area contributed by atoms with Crippen LogP contribution < -0.4 is 10.6 Å². The summed E-state index contributed by atoms with van der Waals surface area (Å²) in [5.74, 6) is 0.630. The summed E-state index contributed by atoms with van der Waals surface area (Å²) in [6.45, 7) is 8.90. The lowest BCUT2D eigenvalue weighted by atomic mass is 10.0. The Labute approximate surface area is 126 Å². The maximum Gasteiger partial charge on any atom is 0.0510 e. The molecule has 0 heterocycles. The molecule has 19 heavy (non-hydrogen) atoms. The van der Waals surface area contributed by atoms with Crippen molar-refractivity contribution in [3.8, 4) is 0 Å². The number of halogens is 1. The van der Waals surface area contributed by atoms with Crippen molar-refractivity contribution >= 4 is 21.6 Å². The number of hydrogen-bond donors (Lipinski definition) is 1. The van der Waals surface area contributed by atoms with Gasteiger partial charge in [0.1, 0.15) is 0 Å². The van der Waals surface area contributed by atoms with E-state index in [0.29, 0.717) is 12.0 Å². The fourth-order valence-corrected chi connectivity index (χ4v) is 2.78. The van der Waals surface area contributed by atoms with E-state index in [1.54, 1.807) is 0 Å². The van der Waals surface area contributed by atoms with Gasteiger partial charge in [-0.1, -0.05) is 26.8 Å². The van der Waals surface area contributed by atoms with Gasteiger partial charge >= 0.3 is 0 Å². The van der Waals surface area contributed by atoms with E-state index in [0.717, 1.165) is 17.3 Å². The highest BCUT2D eigenvalue weighted by Crippen LogP contribution is 2.29. The Bertz CT molecular complexity index is 404. The Hall–Kier alpha value is -0.540. The van der Waals surface area contributed by atoms with Crippen LogP contribution in [0.5, 0.6) is 0 Å². The second-order valence-electron chi connectivity index (χ2n) is 5.75. The minimum atomic E-state index is 0.255. The van der Waals surface area contributed by atoms with Crippen molar-refractivity contribution in [2.75, 3.05) is 11.9 Å². The summed E-state index contributed by atoms with van der Waals surface area (Å²) in [7, 11) is 2.15. The van der Waals surface area contributed by atoms with Gasteiger partial charge in [-0.2, -0.15) is 0 Å². The summed E-state index contributed by atoms with van der Waals surface area (Å²) in [4.78, 5) is 2.33. The molecule has 2 nitrogen and oxygen atoms in total. The number of hydrogen-bond acceptors (Lipinski definition) is 2. The van der Waals surface area contributed by atoms with Crippen molar-refractivity contribution in [3.05, 3.63) is 28.2 Å². The summed E-state index contributed by atoms with van der Waals surface area (Å²) in [5, 5.41) is 0. The molecule has 1 rings (SSSR count). The Morgan fingerprint density at radius 3 is 2.37 bits per heavy atom. The lowest BCUT2D eigenvalue weighted by molar-refractivity contribution is 0.505. The van der Waals surface area contributed by atoms with E-state index in [1.807, 2.05) is 0 Å². The quantitative estimate of drug-likeness (QED) is 0.848. The zero-order valence-electron chi connectivity index (χ0n) is 12.8. The Morgan fingerprint density at radius 1 is 1.26 bits per heavy atom. The predicted molar refractivity (Wildman–Crippen MR) is 88.8 cm³/mol. The summed E-state index contributed by atoms with van der Waals surface area (Å²) in [6.07, 6.45) is 1.96. The van der Waals surface area contributed by atoms with Gasteiger partial charge in [0.25, 0.3) is 0 Å². The second-order valence-corrected chi connectivity index (χ2v) is 6.61. The maximum atomic E-state index is 6.02. The van der Waals surface area contributed by atoms with Crippen LogP contribution in [0.3, 0.4) is 0 Å². The highest BCUT2D eigenvalue weighted by Gasteiger charge is 2.16. The van der Waals surface area contributed by atoms with E-state index < -0.39 is 0 Å². The zero-order chi connectivity index (χ0) is 14.6. The summed E-state index contributed by atoms with van der Waals surface area (Å²) in [6, 6.07) is 7.36. The minimum absolute atomic E-state index is 0.255. The third-order valence-corrected chi connectivity index (χ3v) is 4.63. The SMILES string of the molecule is CCC(N)Cc1ccc(N(C)C(C)C(C)C)c(Br)c1. The van der Waals surface area contributed by atoms with Gasteiger partial charge in [-0.05, 0) is 59.3 Å². The van der Waals surface area contributed by atoms with Crippen LogP contribution in [0.15, 0.2) is 22.7 Å². The van der Waals surface area contributed by atoms with Crippen LogP contribution in [0.25, 0.3) is 0 Å². The van der Waals surface area contributed by atoms with Crippen LogP contribution in [-0.4, -0.2) is 19.1 Å². The van der Waals surface area contributed by atoms with Crippen molar-refractivity contribution in [1.29, 1.82) is 0 Å². The molecule has 0 aliphatic carbocycles. The average molecular weight is 327 g/mol. The van der Waals surface area contributed by atoms with E-state index in [4.69, 9.17) is 5.73 Å². The molecule has 0 aliphatic heterocycles. The normalized spacial score (nSPS) is 14.5. The first-order chi connectivity index (χ1) is 8.86. The van der Waals surface area contributed by atoms with Crippen LogP contribution in [0, 0.1) is 5.92 Å². The highest BCUT2D eigenvalue weighted by molar-refractivity contribution is 9.10. The Kier molecular flexibility index (Phi) is 6.34. The van der Waals surface area contributed by atoms with Gasteiger partial charge in [0.2, 0.25) is 0 Å². The fraction of sp³-hybridized carbons (Fsp3) is 0.625. The molecule has 0 spiro atoms. The van der Waals surface area contributed by atoms with Crippen molar-refractivity contribution < 1.29 is 0 Å². The monoisotopic (exact) mass is 326 g/mol. The molecular weight excluding hydrogens is 300 g/mol. The van der Waals surface area contributed by atoms with E-state index in [2.05, 4.69) is 73.8 Å².